The van der Waals surface area contributed by atoms with Crippen LogP contribution in [-0.2, 0) is 0 Å². The van der Waals surface area contributed by atoms with Crippen LogP contribution in [0, 0.1) is 24.7 Å². The first kappa shape index (κ1) is 18.4. The maximum absolute atomic E-state index is 11.4. The van der Waals surface area contributed by atoms with Crippen LogP contribution in [0.25, 0.3) is 11.1 Å². The standard InChI is InChI=1S/C20H14O6/c1-3-5-25-17-9-13(7-15(11-17)19(21)22)14-8-16(20(23)24)12-18(10-14)26-6-4-2/h1-2,7-12H,5-6H2,(H,21,22)(H,23,24). The van der Waals surface area contributed by atoms with Crippen molar-refractivity contribution in [3.05, 3.63) is 47.5 Å². The van der Waals surface area contributed by atoms with Crippen LogP contribution in [0.3, 0.4) is 0 Å². The fourth-order valence-corrected chi connectivity index (χ4v) is 2.20. The highest BCUT2D eigenvalue weighted by Gasteiger charge is 2.13. The SMILES string of the molecule is C#CCOc1cc(C(=O)O)cc(-c2cc(OCC#C)cc(C(=O)O)c2)c1. The normalized spacial score (nSPS) is 9.62. The summed E-state index contributed by atoms with van der Waals surface area (Å²) in [6.45, 7) is -0.0670. The maximum atomic E-state index is 11.4. The van der Waals surface area contributed by atoms with Crippen molar-refractivity contribution in [2.45, 2.75) is 0 Å². The van der Waals surface area contributed by atoms with Gasteiger partial charge in [-0.25, -0.2) is 9.59 Å². The lowest BCUT2D eigenvalue weighted by Gasteiger charge is -2.11. The molecule has 0 radical (unpaired) electrons. The molecule has 2 aromatic carbocycles. The van der Waals surface area contributed by atoms with E-state index in [0.717, 1.165) is 0 Å². The molecule has 0 aliphatic rings. The highest BCUT2D eigenvalue weighted by Crippen LogP contribution is 2.30. The van der Waals surface area contributed by atoms with Gasteiger partial charge >= 0.3 is 11.9 Å². The van der Waals surface area contributed by atoms with E-state index in [1.807, 2.05) is 0 Å². The number of carbonyl (C=O) groups is 2. The molecule has 2 aromatic rings. The predicted octanol–water partition coefficient (Wildman–Crippen LogP) is 2.77. The zero-order valence-electron chi connectivity index (χ0n) is 13.6. The second kappa shape index (κ2) is 8.27. The lowest BCUT2D eigenvalue weighted by Crippen LogP contribution is -2.02. The summed E-state index contributed by atoms with van der Waals surface area (Å²) in [5, 5.41) is 18.6. The van der Waals surface area contributed by atoms with Gasteiger partial charge in [0.25, 0.3) is 0 Å². The van der Waals surface area contributed by atoms with Gasteiger partial charge in [-0.05, 0) is 47.5 Å². The third-order valence-electron chi connectivity index (χ3n) is 3.28. The van der Waals surface area contributed by atoms with Gasteiger partial charge in [0.1, 0.15) is 24.7 Å². The summed E-state index contributed by atoms with van der Waals surface area (Å²) in [5.41, 5.74) is 0.818. The average Bonchev–Trinajstić information content (AvgIpc) is 2.64. The molecule has 0 fully saturated rings. The molecule has 0 saturated heterocycles. The highest BCUT2D eigenvalue weighted by atomic mass is 16.5. The van der Waals surface area contributed by atoms with Crippen molar-refractivity contribution in [3.63, 3.8) is 0 Å². The molecule has 0 saturated carbocycles. The van der Waals surface area contributed by atoms with E-state index in [0.29, 0.717) is 11.1 Å². The Morgan fingerprint density at radius 2 is 1.15 bits per heavy atom. The number of rotatable bonds is 7. The van der Waals surface area contributed by atoms with Gasteiger partial charge in [-0.1, -0.05) is 11.8 Å². The number of carboxylic acid groups (broad SMARTS) is 2. The van der Waals surface area contributed by atoms with E-state index in [1.165, 1.54) is 24.3 Å². The number of benzene rings is 2. The molecule has 0 heterocycles. The van der Waals surface area contributed by atoms with Crippen LogP contribution >= 0.6 is 0 Å². The highest BCUT2D eigenvalue weighted by molar-refractivity contribution is 5.92. The van der Waals surface area contributed by atoms with Crippen molar-refractivity contribution in [1.29, 1.82) is 0 Å². The first-order valence-corrected chi connectivity index (χ1v) is 7.34. The molecule has 0 aliphatic heterocycles. The second-order valence-electron chi connectivity index (χ2n) is 5.09. The van der Waals surface area contributed by atoms with E-state index >= 15 is 0 Å². The summed E-state index contributed by atoms with van der Waals surface area (Å²) in [6, 6.07) is 8.60. The minimum absolute atomic E-state index is 0.0265. The number of hydrogen-bond donors (Lipinski definition) is 2. The molecule has 6 heteroatoms. The van der Waals surface area contributed by atoms with E-state index in [2.05, 4.69) is 11.8 Å². The zero-order valence-corrected chi connectivity index (χ0v) is 13.6. The first-order valence-electron chi connectivity index (χ1n) is 7.34. The van der Waals surface area contributed by atoms with Crippen molar-refractivity contribution < 1.29 is 29.3 Å². The van der Waals surface area contributed by atoms with Crippen molar-refractivity contribution >= 4 is 11.9 Å². The van der Waals surface area contributed by atoms with Crippen LogP contribution < -0.4 is 9.47 Å². The lowest BCUT2D eigenvalue weighted by atomic mass is 10.00. The first-order chi connectivity index (χ1) is 12.4. The molecule has 0 unspecified atom stereocenters. The number of hydrogen-bond acceptors (Lipinski definition) is 4. The van der Waals surface area contributed by atoms with Crippen LogP contribution in [0.5, 0.6) is 11.5 Å². The molecular formula is C20H14O6. The molecule has 0 spiro atoms. The third kappa shape index (κ3) is 4.56. The van der Waals surface area contributed by atoms with E-state index < -0.39 is 11.9 Å². The van der Waals surface area contributed by atoms with Crippen LogP contribution in [0.1, 0.15) is 20.7 Å². The quantitative estimate of drug-likeness (QED) is 0.746. The van der Waals surface area contributed by atoms with E-state index in [-0.39, 0.29) is 35.8 Å². The van der Waals surface area contributed by atoms with Gasteiger partial charge in [-0.15, -0.1) is 12.8 Å². The van der Waals surface area contributed by atoms with Gasteiger partial charge < -0.3 is 19.7 Å². The maximum Gasteiger partial charge on any atom is 0.335 e. The Bertz CT molecular complexity index is 853. The van der Waals surface area contributed by atoms with Crippen molar-refractivity contribution in [3.8, 4) is 47.3 Å². The van der Waals surface area contributed by atoms with Crippen LogP contribution in [0.15, 0.2) is 36.4 Å². The van der Waals surface area contributed by atoms with Crippen molar-refractivity contribution in [2.75, 3.05) is 13.2 Å². The largest absolute Gasteiger partial charge is 0.481 e. The van der Waals surface area contributed by atoms with Gasteiger partial charge in [-0.3, -0.25) is 0 Å². The molecule has 0 aromatic heterocycles. The van der Waals surface area contributed by atoms with Gasteiger partial charge in [0.2, 0.25) is 0 Å². The zero-order chi connectivity index (χ0) is 19.1. The van der Waals surface area contributed by atoms with Crippen LogP contribution in [0.2, 0.25) is 0 Å². The van der Waals surface area contributed by atoms with Gasteiger partial charge in [-0.2, -0.15) is 0 Å². The molecule has 2 rings (SSSR count). The molecule has 130 valence electrons. The third-order valence-corrected chi connectivity index (χ3v) is 3.28. The van der Waals surface area contributed by atoms with Crippen molar-refractivity contribution in [1.82, 2.24) is 0 Å². The number of terminal acetylenes is 2. The Morgan fingerprint density at radius 1 is 0.769 bits per heavy atom. The molecular weight excluding hydrogens is 336 g/mol. The molecule has 6 nitrogen and oxygen atoms in total. The summed E-state index contributed by atoms with van der Waals surface area (Å²) in [7, 11) is 0. The Balaban J connectivity index is 2.58. The summed E-state index contributed by atoms with van der Waals surface area (Å²) >= 11 is 0. The second-order valence-corrected chi connectivity index (χ2v) is 5.09. The van der Waals surface area contributed by atoms with Crippen LogP contribution in [0.4, 0.5) is 0 Å². The van der Waals surface area contributed by atoms with E-state index in [1.54, 1.807) is 12.1 Å². The van der Waals surface area contributed by atoms with Crippen LogP contribution in [-0.4, -0.2) is 35.4 Å². The van der Waals surface area contributed by atoms with E-state index in [9.17, 15) is 19.8 Å². The van der Waals surface area contributed by atoms with Gasteiger partial charge in [0.05, 0.1) is 11.1 Å². The Hall–Kier alpha value is -3.90. The fraction of sp³-hybridized carbons (Fsp3) is 0.100. The molecule has 2 N–H and O–H groups in total. The summed E-state index contributed by atoms with van der Waals surface area (Å²) in [5.74, 6) is 2.78. The fourth-order valence-electron chi connectivity index (χ4n) is 2.20. The van der Waals surface area contributed by atoms with Gasteiger partial charge in [0.15, 0.2) is 0 Å². The monoisotopic (exact) mass is 350 g/mol. The minimum atomic E-state index is -1.16. The minimum Gasteiger partial charge on any atom is -0.481 e. The number of carboxylic acids is 2. The number of ether oxygens (including phenoxy) is 2. The van der Waals surface area contributed by atoms with Gasteiger partial charge in [0, 0.05) is 0 Å². The molecule has 0 atom stereocenters. The Morgan fingerprint density at radius 3 is 1.46 bits per heavy atom. The lowest BCUT2D eigenvalue weighted by molar-refractivity contribution is 0.0685. The molecule has 0 bridgehead atoms. The molecule has 0 aliphatic carbocycles. The summed E-state index contributed by atoms with van der Waals surface area (Å²) in [4.78, 5) is 22.7. The molecule has 0 amide bonds. The Kier molecular flexibility index (Phi) is 5.87. The molecule has 26 heavy (non-hydrogen) atoms. The van der Waals surface area contributed by atoms with Crippen molar-refractivity contribution in [2.24, 2.45) is 0 Å². The predicted molar refractivity (Wildman–Crippen MR) is 94.5 cm³/mol. The number of aromatic carboxylic acids is 2. The average molecular weight is 350 g/mol. The van der Waals surface area contributed by atoms with E-state index in [4.69, 9.17) is 22.3 Å². The smallest absolute Gasteiger partial charge is 0.335 e. The summed E-state index contributed by atoms with van der Waals surface area (Å²) in [6.07, 6.45) is 10.3. The topological polar surface area (TPSA) is 93.1 Å². The summed E-state index contributed by atoms with van der Waals surface area (Å²) < 4.78 is 10.6. The Labute approximate surface area is 150 Å².